The van der Waals surface area contributed by atoms with Crippen LogP contribution in [0.4, 0.5) is 13.2 Å². The first-order valence-electron chi connectivity index (χ1n) is 6.29. The Bertz CT molecular complexity index is 465. The Morgan fingerprint density at radius 1 is 1.17 bits per heavy atom. The minimum Gasteiger partial charge on any atom is -0.291 e. The molecule has 102 valence electrons. The minimum atomic E-state index is -4.49. The quantitative estimate of drug-likeness (QED) is 0.774. The predicted octanol–water partition coefficient (Wildman–Crippen LogP) is 3.40. The van der Waals surface area contributed by atoms with Gasteiger partial charge in [0.2, 0.25) is 0 Å². The van der Waals surface area contributed by atoms with Crippen molar-refractivity contribution < 1.29 is 13.2 Å². The maximum atomic E-state index is 12.7. The number of nitrogens with one attached hydrogen (secondary N) is 1. The molecule has 0 unspecified atom stereocenters. The van der Waals surface area contributed by atoms with Gasteiger partial charge in [-0.05, 0) is 19.8 Å². The Balaban J connectivity index is 2.36. The third kappa shape index (κ3) is 2.47. The van der Waals surface area contributed by atoms with E-state index in [1.54, 1.807) is 0 Å². The molecule has 1 aliphatic carbocycles. The molecular formula is C12H17F3N2O. The summed E-state index contributed by atoms with van der Waals surface area (Å²) in [5.74, 6) is 0. The van der Waals surface area contributed by atoms with Gasteiger partial charge in [0.1, 0.15) is 5.69 Å². The van der Waals surface area contributed by atoms with Gasteiger partial charge in [0.05, 0.1) is 6.04 Å². The molecule has 0 saturated heterocycles. The molecule has 0 radical (unpaired) electrons. The summed E-state index contributed by atoms with van der Waals surface area (Å²) in [6.07, 6.45) is 1.19. The van der Waals surface area contributed by atoms with Gasteiger partial charge >= 0.3 is 6.18 Å². The minimum absolute atomic E-state index is 0.116. The van der Waals surface area contributed by atoms with Crippen LogP contribution in [0.5, 0.6) is 0 Å². The van der Waals surface area contributed by atoms with Crippen molar-refractivity contribution in [3.8, 4) is 0 Å². The summed E-state index contributed by atoms with van der Waals surface area (Å²) in [5.41, 5.74) is -1.67. The summed E-state index contributed by atoms with van der Waals surface area (Å²) in [6.45, 7) is 1.23. The van der Waals surface area contributed by atoms with E-state index in [4.69, 9.17) is 0 Å². The molecule has 0 spiro atoms. The van der Waals surface area contributed by atoms with Crippen molar-refractivity contribution in [2.45, 2.75) is 57.7 Å². The summed E-state index contributed by atoms with van der Waals surface area (Å²) in [5, 5.41) is 2.27. The van der Waals surface area contributed by atoms with E-state index in [1.165, 1.54) is 11.6 Å². The molecule has 0 aromatic carbocycles. The fourth-order valence-corrected chi connectivity index (χ4v) is 2.59. The first-order chi connectivity index (χ1) is 8.41. The van der Waals surface area contributed by atoms with Crippen molar-refractivity contribution in [2.75, 3.05) is 0 Å². The van der Waals surface area contributed by atoms with E-state index in [0.717, 1.165) is 38.5 Å². The van der Waals surface area contributed by atoms with E-state index in [0.29, 0.717) is 0 Å². The fraction of sp³-hybridized carbons (Fsp3) is 0.750. The Hall–Kier alpha value is -1.20. The Morgan fingerprint density at radius 2 is 1.72 bits per heavy atom. The molecule has 1 heterocycles. The van der Waals surface area contributed by atoms with Crippen molar-refractivity contribution >= 4 is 0 Å². The van der Waals surface area contributed by atoms with Crippen LogP contribution in [0, 0.1) is 6.92 Å². The third-order valence-electron chi connectivity index (χ3n) is 3.62. The van der Waals surface area contributed by atoms with E-state index in [1.807, 2.05) is 0 Å². The van der Waals surface area contributed by atoms with E-state index >= 15 is 0 Å². The normalized spacial score (nSPS) is 18.9. The SMILES string of the molecule is Cc1c(C(F)(F)F)[nH]n(C2CCCCCC2)c1=O. The van der Waals surface area contributed by atoms with Gasteiger partial charge in [0.15, 0.2) is 0 Å². The molecule has 2 rings (SSSR count). The van der Waals surface area contributed by atoms with Gasteiger partial charge in [-0.3, -0.25) is 9.89 Å². The summed E-state index contributed by atoms with van der Waals surface area (Å²) in [7, 11) is 0. The summed E-state index contributed by atoms with van der Waals surface area (Å²) >= 11 is 0. The Labute approximate surface area is 103 Å². The molecule has 18 heavy (non-hydrogen) atoms. The topological polar surface area (TPSA) is 37.8 Å². The van der Waals surface area contributed by atoms with E-state index in [9.17, 15) is 18.0 Å². The van der Waals surface area contributed by atoms with Gasteiger partial charge in [-0.25, -0.2) is 4.68 Å². The average Bonchev–Trinajstić information content (AvgIpc) is 2.52. The molecule has 1 aromatic heterocycles. The first-order valence-corrected chi connectivity index (χ1v) is 6.29. The van der Waals surface area contributed by atoms with E-state index in [2.05, 4.69) is 5.10 Å². The molecule has 6 heteroatoms. The maximum Gasteiger partial charge on any atom is 0.433 e. The second-order valence-corrected chi connectivity index (χ2v) is 4.93. The molecular weight excluding hydrogens is 245 g/mol. The van der Waals surface area contributed by atoms with E-state index < -0.39 is 17.4 Å². The first kappa shape index (κ1) is 13.2. The van der Waals surface area contributed by atoms with Crippen LogP contribution in [0.25, 0.3) is 0 Å². The maximum absolute atomic E-state index is 12.7. The van der Waals surface area contributed by atoms with Crippen LogP contribution in [0.3, 0.4) is 0 Å². The van der Waals surface area contributed by atoms with Gasteiger partial charge in [0.25, 0.3) is 5.56 Å². The molecule has 1 aromatic rings. The molecule has 1 N–H and O–H groups in total. The number of aromatic amines is 1. The van der Waals surface area contributed by atoms with Crippen LogP contribution in [0.1, 0.15) is 55.8 Å². The lowest BCUT2D eigenvalue weighted by Crippen LogP contribution is -2.23. The molecule has 0 atom stereocenters. The molecule has 1 saturated carbocycles. The second kappa shape index (κ2) is 4.82. The molecule has 1 fully saturated rings. The standard InChI is InChI=1S/C12H17F3N2O/c1-8-10(12(13,14)15)16-17(11(8)18)9-6-4-2-3-5-7-9/h9,16H,2-7H2,1H3. The van der Waals surface area contributed by atoms with Crippen LogP contribution in [0.15, 0.2) is 4.79 Å². The number of rotatable bonds is 1. The van der Waals surface area contributed by atoms with Gasteiger partial charge in [-0.1, -0.05) is 25.7 Å². The van der Waals surface area contributed by atoms with Gasteiger partial charge in [-0.2, -0.15) is 13.2 Å². The Kier molecular flexibility index (Phi) is 3.54. The average molecular weight is 262 g/mol. The lowest BCUT2D eigenvalue weighted by Gasteiger charge is -2.15. The number of alkyl halides is 3. The van der Waals surface area contributed by atoms with Crippen molar-refractivity contribution in [1.29, 1.82) is 0 Å². The summed E-state index contributed by atoms with van der Waals surface area (Å²) in [4.78, 5) is 11.9. The summed E-state index contributed by atoms with van der Waals surface area (Å²) < 4.78 is 39.3. The highest BCUT2D eigenvalue weighted by molar-refractivity contribution is 5.18. The van der Waals surface area contributed by atoms with Gasteiger partial charge < -0.3 is 0 Å². The van der Waals surface area contributed by atoms with Crippen molar-refractivity contribution in [3.05, 3.63) is 21.6 Å². The molecule has 1 aliphatic rings. The van der Waals surface area contributed by atoms with Crippen molar-refractivity contribution in [3.63, 3.8) is 0 Å². The predicted molar refractivity (Wildman–Crippen MR) is 61.5 cm³/mol. The van der Waals surface area contributed by atoms with Gasteiger partial charge in [-0.15, -0.1) is 0 Å². The molecule has 0 aliphatic heterocycles. The zero-order valence-electron chi connectivity index (χ0n) is 10.3. The van der Waals surface area contributed by atoms with E-state index in [-0.39, 0.29) is 11.6 Å². The number of H-pyrrole nitrogens is 1. The Morgan fingerprint density at radius 3 is 2.17 bits per heavy atom. The van der Waals surface area contributed by atoms with Crippen LogP contribution in [-0.4, -0.2) is 9.78 Å². The van der Waals surface area contributed by atoms with Gasteiger partial charge in [0, 0.05) is 5.56 Å². The molecule has 0 amide bonds. The van der Waals surface area contributed by atoms with Crippen molar-refractivity contribution in [1.82, 2.24) is 9.78 Å². The van der Waals surface area contributed by atoms with Crippen LogP contribution >= 0.6 is 0 Å². The van der Waals surface area contributed by atoms with Crippen molar-refractivity contribution in [2.24, 2.45) is 0 Å². The number of hydrogen-bond donors (Lipinski definition) is 1. The lowest BCUT2D eigenvalue weighted by atomic mass is 10.1. The molecule has 3 nitrogen and oxygen atoms in total. The summed E-state index contributed by atoms with van der Waals surface area (Å²) in [6, 6.07) is -0.116. The third-order valence-corrected chi connectivity index (χ3v) is 3.62. The monoisotopic (exact) mass is 262 g/mol. The largest absolute Gasteiger partial charge is 0.433 e. The fourth-order valence-electron chi connectivity index (χ4n) is 2.59. The smallest absolute Gasteiger partial charge is 0.291 e. The van der Waals surface area contributed by atoms with Crippen LogP contribution < -0.4 is 5.56 Å². The number of aromatic nitrogens is 2. The number of nitrogens with zero attached hydrogens (tertiary/aromatic N) is 1. The van der Waals surface area contributed by atoms with Crippen LogP contribution in [0.2, 0.25) is 0 Å². The highest BCUT2D eigenvalue weighted by Gasteiger charge is 2.37. The molecule has 0 bridgehead atoms. The number of hydrogen-bond acceptors (Lipinski definition) is 1. The second-order valence-electron chi connectivity index (χ2n) is 4.93. The number of halogens is 3. The highest BCUT2D eigenvalue weighted by Crippen LogP contribution is 2.31. The van der Waals surface area contributed by atoms with Crippen LogP contribution in [-0.2, 0) is 6.18 Å². The zero-order chi connectivity index (χ0) is 13.3. The zero-order valence-corrected chi connectivity index (χ0v) is 10.3. The highest BCUT2D eigenvalue weighted by atomic mass is 19.4. The lowest BCUT2D eigenvalue weighted by molar-refractivity contribution is -0.142.